The van der Waals surface area contributed by atoms with E-state index in [2.05, 4.69) is 0 Å². The molecule has 1 rings (SSSR count). The molecule has 0 spiro atoms. The predicted molar refractivity (Wildman–Crippen MR) is 53.7 cm³/mol. The summed E-state index contributed by atoms with van der Waals surface area (Å²) in [6.07, 6.45) is 0. The van der Waals surface area contributed by atoms with Crippen LogP contribution in [0.1, 0.15) is 22.8 Å². The Morgan fingerprint density at radius 2 is 2.07 bits per heavy atom. The van der Waals surface area contributed by atoms with Gasteiger partial charge in [-0.1, -0.05) is 0 Å². The fourth-order valence-electron chi connectivity index (χ4n) is 1.20. The molecule has 3 nitrogen and oxygen atoms in total. The summed E-state index contributed by atoms with van der Waals surface area (Å²) >= 11 is 0. The van der Waals surface area contributed by atoms with E-state index in [-0.39, 0.29) is 5.97 Å². The summed E-state index contributed by atoms with van der Waals surface area (Å²) < 4.78 is 9.94. The van der Waals surface area contributed by atoms with Gasteiger partial charge in [0.25, 0.3) is 0 Å². The molecule has 0 atom stereocenters. The number of ether oxygens (including phenoxy) is 2. The van der Waals surface area contributed by atoms with Crippen molar-refractivity contribution >= 4 is 5.97 Å². The Hall–Kier alpha value is -1.51. The third kappa shape index (κ3) is 2.49. The first-order valence-corrected chi connectivity index (χ1v) is 4.50. The standard InChI is InChI=1S/C11H14O3/c1-4-14-11(12)9-5-8(2)6-10(7-9)13-3/h5-7H,4H2,1-3H3. The Bertz CT molecular complexity index is 331. The molecule has 0 N–H and O–H groups in total. The Kier molecular flexibility index (Phi) is 3.51. The first-order valence-electron chi connectivity index (χ1n) is 4.50. The van der Waals surface area contributed by atoms with Crippen LogP contribution in [0.3, 0.4) is 0 Å². The zero-order valence-corrected chi connectivity index (χ0v) is 8.66. The monoisotopic (exact) mass is 194 g/mol. The summed E-state index contributed by atoms with van der Waals surface area (Å²) in [6, 6.07) is 5.31. The quantitative estimate of drug-likeness (QED) is 0.692. The van der Waals surface area contributed by atoms with Gasteiger partial charge in [0, 0.05) is 0 Å². The zero-order chi connectivity index (χ0) is 10.6. The average molecular weight is 194 g/mol. The highest BCUT2D eigenvalue weighted by molar-refractivity contribution is 5.90. The van der Waals surface area contributed by atoms with Gasteiger partial charge in [-0.3, -0.25) is 0 Å². The van der Waals surface area contributed by atoms with Gasteiger partial charge in [0.05, 0.1) is 19.3 Å². The lowest BCUT2D eigenvalue weighted by Crippen LogP contribution is -2.05. The van der Waals surface area contributed by atoms with E-state index in [0.29, 0.717) is 17.9 Å². The van der Waals surface area contributed by atoms with Crippen LogP contribution in [0.25, 0.3) is 0 Å². The van der Waals surface area contributed by atoms with E-state index >= 15 is 0 Å². The van der Waals surface area contributed by atoms with Gasteiger partial charge >= 0.3 is 5.97 Å². The number of hydrogen-bond acceptors (Lipinski definition) is 3. The minimum Gasteiger partial charge on any atom is -0.497 e. The molecule has 0 unspecified atom stereocenters. The van der Waals surface area contributed by atoms with E-state index in [0.717, 1.165) is 5.56 Å². The minimum atomic E-state index is -0.311. The lowest BCUT2D eigenvalue weighted by molar-refractivity contribution is 0.0526. The van der Waals surface area contributed by atoms with Gasteiger partial charge in [-0.2, -0.15) is 0 Å². The molecule has 14 heavy (non-hydrogen) atoms. The van der Waals surface area contributed by atoms with E-state index in [4.69, 9.17) is 9.47 Å². The molecule has 0 radical (unpaired) electrons. The van der Waals surface area contributed by atoms with Crippen molar-refractivity contribution in [1.82, 2.24) is 0 Å². The van der Waals surface area contributed by atoms with Crippen molar-refractivity contribution in [2.75, 3.05) is 13.7 Å². The normalized spacial score (nSPS) is 9.64. The molecule has 1 aromatic carbocycles. The molecule has 0 amide bonds. The molecule has 3 heteroatoms. The van der Waals surface area contributed by atoms with Crippen LogP contribution in [-0.4, -0.2) is 19.7 Å². The highest BCUT2D eigenvalue weighted by Crippen LogP contribution is 2.16. The van der Waals surface area contributed by atoms with E-state index in [1.165, 1.54) is 0 Å². The van der Waals surface area contributed by atoms with Crippen molar-refractivity contribution < 1.29 is 14.3 Å². The van der Waals surface area contributed by atoms with Crippen LogP contribution in [0.15, 0.2) is 18.2 Å². The minimum absolute atomic E-state index is 0.311. The number of esters is 1. The summed E-state index contributed by atoms with van der Waals surface area (Å²) in [7, 11) is 1.57. The molecular formula is C11H14O3. The van der Waals surface area contributed by atoms with Gasteiger partial charge in [0.1, 0.15) is 5.75 Å². The summed E-state index contributed by atoms with van der Waals surface area (Å²) in [5.41, 5.74) is 1.51. The van der Waals surface area contributed by atoms with Crippen LogP contribution in [0.4, 0.5) is 0 Å². The number of carbonyl (C=O) groups is 1. The zero-order valence-electron chi connectivity index (χ0n) is 8.66. The highest BCUT2D eigenvalue weighted by Gasteiger charge is 2.08. The number of methoxy groups -OCH3 is 1. The van der Waals surface area contributed by atoms with Crippen LogP contribution in [-0.2, 0) is 4.74 Å². The van der Waals surface area contributed by atoms with Crippen molar-refractivity contribution in [2.45, 2.75) is 13.8 Å². The second-order valence-electron chi connectivity index (χ2n) is 2.96. The van der Waals surface area contributed by atoms with Crippen molar-refractivity contribution in [1.29, 1.82) is 0 Å². The van der Waals surface area contributed by atoms with Crippen molar-refractivity contribution in [3.8, 4) is 5.75 Å². The van der Waals surface area contributed by atoms with Crippen LogP contribution < -0.4 is 4.74 Å². The van der Waals surface area contributed by atoms with Gasteiger partial charge in [0.15, 0.2) is 0 Å². The molecular weight excluding hydrogens is 180 g/mol. The molecule has 0 aliphatic heterocycles. The van der Waals surface area contributed by atoms with Crippen LogP contribution in [0.2, 0.25) is 0 Å². The van der Waals surface area contributed by atoms with E-state index in [1.54, 1.807) is 26.2 Å². The fourth-order valence-corrected chi connectivity index (χ4v) is 1.20. The molecule has 0 saturated carbocycles. The van der Waals surface area contributed by atoms with Gasteiger partial charge in [-0.25, -0.2) is 4.79 Å². The Balaban J connectivity index is 2.96. The van der Waals surface area contributed by atoms with Gasteiger partial charge < -0.3 is 9.47 Å². The summed E-state index contributed by atoms with van der Waals surface area (Å²) in [5, 5.41) is 0. The van der Waals surface area contributed by atoms with Crippen molar-refractivity contribution in [2.24, 2.45) is 0 Å². The molecule has 0 bridgehead atoms. The van der Waals surface area contributed by atoms with Gasteiger partial charge in [-0.05, 0) is 37.6 Å². The molecule has 1 aromatic rings. The molecule has 0 aliphatic rings. The Morgan fingerprint density at radius 3 is 2.64 bits per heavy atom. The number of rotatable bonds is 3. The van der Waals surface area contributed by atoms with E-state index < -0.39 is 0 Å². The maximum absolute atomic E-state index is 11.4. The van der Waals surface area contributed by atoms with E-state index in [1.807, 2.05) is 13.0 Å². The third-order valence-corrected chi connectivity index (χ3v) is 1.80. The van der Waals surface area contributed by atoms with Crippen molar-refractivity contribution in [3.05, 3.63) is 29.3 Å². The Labute approximate surface area is 83.6 Å². The predicted octanol–water partition coefficient (Wildman–Crippen LogP) is 2.18. The topological polar surface area (TPSA) is 35.5 Å². The van der Waals surface area contributed by atoms with Gasteiger partial charge in [0.2, 0.25) is 0 Å². The fraction of sp³-hybridized carbons (Fsp3) is 0.364. The first kappa shape index (κ1) is 10.6. The maximum Gasteiger partial charge on any atom is 0.338 e. The summed E-state index contributed by atoms with van der Waals surface area (Å²) in [6.45, 7) is 4.07. The third-order valence-electron chi connectivity index (χ3n) is 1.80. The highest BCUT2D eigenvalue weighted by atomic mass is 16.5. The molecule has 0 fully saturated rings. The molecule has 0 aromatic heterocycles. The number of hydrogen-bond donors (Lipinski definition) is 0. The summed E-state index contributed by atoms with van der Waals surface area (Å²) in [5.74, 6) is 0.363. The molecule has 0 saturated heterocycles. The number of carbonyl (C=O) groups excluding carboxylic acids is 1. The largest absolute Gasteiger partial charge is 0.497 e. The smallest absolute Gasteiger partial charge is 0.338 e. The van der Waals surface area contributed by atoms with Crippen molar-refractivity contribution in [3.63, 3.8) is 0 Å². The molecule has 0 aliphatic carbocycles. The molecule has 76 valence electrons. The second kappa shape index (κ2) is 4.65. The van der Waals surface area contributed by atoms with Crippen LogP contribution in [0, 0.1) is 6.92 Å². The van der Waals surface area contributed by atoms with E-state index in [9.17, 15) is 4.79 Å². The molecule has 0 heterocycles. The lowest BCUT2D eigenvalue weighted by Gasteiger charge is -2.05. The summed E-state index contributed by atoms with van der Waals surface area (Å²) in [4.78, 5) is 11.4. The maximum atomic E-state index is 11.4. The second-order valence-corrected chi connectivity index (χ2v) is 2.96. The van der Waals surface area contributed by atoms with Crippen LogP contribution in [0.5, 0.6) is 5.75 Å². The Morgan fingerprint density at radius 1 is 1.36 bits per heavy atom. The number of aryl methyl sites for hydroxylation is 1. The van der Waals surface area contributed by atoms with Crippen LogP contribution >= 0.6 is 0 Å². The SMILES string of the molecule is CCOC(=O)c1cc(C)cc(OC)c1. The first-order chi connectivity index (χ1) is 6.67. The number of benzene rings is 1. The average Bonchev–Trinajstić information content (AvgIpc) is 2.17. The van der Waals surface area contributed by atoms with Gasteiger partial charge in [-0.15, -0.1) is 0 Å². The lowest BCUT2D eigenvalue weighted by atomic mass is 10.1.